The molecule has 4 nitrogen and oxygen atoms in total. The maximum absolute atomic E-state index is 13.0. The Balaban J connectivity index is 1.51. The van der Waals surface area contributed by atoms with Gasteiger partial charge in [0, 0.05) is 10.4 Å². The van der Waals surface area contributed by atoms with Crippen LogP contribution in [0.1, 0.15) is 22.6 Å². The van der Waals surface area contributed by atoms with Crippen molar-refractivity contribution in [3.63, 3.8) is 0 Å². The summed E-state index contributed by atoms with van der Waals surface area (Å²) in [5.74, 6) is -0.918. The fraction of sp³-hybridized carbons (Fsp3) is 0.100. The lowest BCUT2D eigenvalue weighted by molar-refractivity contribution is 0.154. The molecule has 4 aromatic carbocycles. The average molecular weight is 527 g/mol. The smallest absolute Gasteiger partial charge is 0.343 e. The Morgan fingerprint density at radius 2 is 1.37 bits per heavy atom. The highest BCUT2D eigenvalue weighted by molar-refractivity contribution is 9.10. The molecule has 0 saturated carbocycles. The summed E-state index contributed by atoms with van der Waals surface area (Å²) < 4.78 is 6.54. The number of aromatic hydroxyl groups is 1. The van der Waals surface area contributed by atoms with Crippen molar-refractivity contribution < 1.29 is 14.6 Å². The van der Waals surface area contributed by atoms with Crippen LogP contribution < -0.4 is 5.63 Å². The molecule has 0 aliphatic heterocycles. The third kappa shape index (κ3) is 4.78. The number of aliphatic hydroxyl groups excluding tert-OH is 1. The van der Waals surface area contributed by atoms with E-state index in [9.17, 15) is 15.0 Å². The van der Waals surface area contributed by atoms with Gasteiger partial charge in [-0.25, -0.2) is 4.79 Å². The van der Waals surface area contributed by atoms with Gasteiger partial charge < -0.3 is 14.6 Å². The first kappa shape index (κ1) is 23.1. The maximum Gasteiger partial charge on any atom is 0.343 e. The zero-order valence-electron chi connectivity index (χ0n) is 18.8. The largest absolute Gasteiger partial charge is 0.507 e. The highest BCUT2D eigenvalue weighted by Crippen LogP contribution is 2.37. The molecule has 0 saturated heterocycles. The highest BCUT2D eigenvalue weighted by Gasteiger charge is 2.30. The molecular formula is C30H23BrO4. The zero-order valence-corrected chi connectivity index (χ0v) is 20.4. The van der Waals surface area contributed by atoms with Crippen LogP contribution in [-0.4, -0.2) is 16.3 Å². The Labute approximate surface area is 211 Å². The van der Waals surface area contributed by atoms with Gasteiger partial charge in [-0.1, -0.05) is 94.8 Å². The molecule has 2 unspecified atom stereocenters. The van der Waals surface area contributed by atoms with Crippen LogP contribution in [0.2, 0.25) is 0 Å². The van der Waals surface area contributed by atoms with E-state index in [4.69, 9.17) is 4.42 Å². The Morgan fingerprint density at radius 3 is 2.06 bits per heavy atom. The van der Waals surface area contributed by atoms with Gasteiger partial charge in [-0.2, -0.15) is 0 Å². The quantitative estimate of drug-likeness (QED) is 0.242. The van der Waals surface area contributed by atoms with Crippen molar-refractivity contribution >= 4 is 26.9 Å². The standard InChI is InChI=1S/C30H23BrO4/c31-23-16-14-21(15-17-23)20-12-10-19(11-13-20)18-25(32)27(22-6-2-1-3-7-22)28-29(33)24-8-4-5-9-26(24)35-30(28)34/h1-17,25,27,32-33H,18H2. The summed E-state index contributed by atoms with van der Waals surface area (Å²) in [7, 11) is 0. The second kappa shape index (κ2) is 9.90. The van der Waals surface area contributed by atoms with Crippen LogP contribution in [0.4, 0.5) is 0 Å². The topological polar surface area (TPSA) is 70.7 Å². The van der Waals surface area contributed by atoms with Gasteiger partial charge in [0.25, 0.3) is 0 Å². The number of fused-ring (bicyclic) bond motifs is 1. The molecule has 0 amide bonds. The summed E-state index contributed by atoms with van der Waals surface area (Å²) in [5.41, 5.74) is 3.54. The number of hydrogen-bond donors (Lipinski definition) is 2. The number of hydrogen-bond acceptors (Lipinski definition) is 4. The number of benzene rings is 4. The third-order valence-electron chi connectivity index (χ3n) is 6.25. The van der Waals surface area contributed by atoms with Gasteiger partial charge in [0.15, 0.2) is 0 Å². The predicted molar refractivity (Wildman–Crippen MR) is 142 cm³/mol. The van der Waals surface area contributed by atoms with Crippen molar-refractivity contribution in [2.24, 2.45) is 0 Å². The van der Waals surface area contributed by atoms with Crippen LogP contribution in [0, 0.1) is 0 Å². The molecule has 2 N–H and O–H groups in total. The third-order valence-corrected chi connectivity index (χ3v) is 6.78. The van der Waals surface area contributed by atoms with Crippen molar-refractivity contribution in [1.82, 2.24) is 0 Å². The molecule has 0 spiro atoms. The van der Waals surface area contributed by atoms with Gasteiger partial charge >= 0.3 is 5.63 Å². The zero-order chi connectivity index (χ0) is 24.4. The monoisotopic (exact) mass is 526 g/mol. The first-order chi connectivity index (χ1) is 17.0. The Bertz CT molecular complexity index is 1510. The first-order valence-corrected chi connectivity index (χ1v) is 12.1. The molecule has 0 radical (unpaired) electrons. The van der Waals surface area contributed by atoms with E-state index in [0.717, 1.165) is 26.7 Å². The normalized spacial score (nSPS) is 13.0. The van der Waals surface area contributed by atoms with Gasteiger partial charge in [-0.15, -0.1) is 0 Å². The first-order valence-electron chi connectivity index (χ1n) is 11.3. The molecule has 0 aliphatic carbocycles. The van der Waals surface area contributed by atoms with Crippen molar-refractivity contribution in [3.05, 3.63) is 135 Å². The van der Waals surface area contributed by atoms with E-state index in [2.05, 4.69) is 15.9 Å². The number of rotatable bonds is 6. The molecule has 0 bridgehead atoms. The minimum absolute atomic E-state index is 0.0638. The summed E-state index contributed by atoms with van der Waals surface area (Å²) in [6, 6.07) is 32.2. The molecule has 1 heterocycles. The minimum Gasteiger partial charge on any atom is -0.507 e. The molecule has 0 aliphatic rings. The van der Waals surface area contributed by atoms with E-state index in [-0.39, 0.29) is 11.3 Å². The number of aliphatic hydroxyl groups is 1. The van der Waals surface area contributed by atoms with Gasteiger partial charge in [0.05, 0.1) is 17.1 Å². The molecule has 2 atom stereocenters. The number of halogens is 1. The van der Waals surface area contributed by atoms with Gasteiger partial charge in [0.2, 0.25) is 0 Å². The molecule has 1 aromatic heterocycles. The highest BCUT2D eigenvalue weighted by atomic mass is 79.9. The Morgan fingerprint density at radius 1 is 0.771 bits per heavy atom. The second-order valence-electron chi connectivity index (χ2n) is 8.51. The fourth-order valence-corrected chi connectivity index (χ4v) is 4.76. The average Bonchev–Trinajstić information content (AvgIpc) is 2.88. The van der Waals surface area contributed by atoms with Crippen molar-refractivity contribution in [2.75, 3.05) is 0 Å². The maximum atomic E-state index is 13.0. The van der Waals surface area contributed by atoms with E-state index in [1.165, 1.54) is 0 Å². The summed E-state index contributed by atoms with van der Waals surface area (Å²) in [6.07, 6.45) is -0.669. The number of para-hydroxylation sites is 1. The predicted octanol–water partition coefficient (Wildman–Crippen LogP) is 6.66. The Hall–Kier alpha value is -3.67. The molecule has 5 rings (SSSR count). The van der Waals surface area contributed by atoms with Crippen LogP contribution in [0.25, 0.3) is 22.1 Å². The summed E-state index contributed by atoms with van der Waals surface area (Å²) in [5, 5.41) is 22.9. The van der Waals surface area contributed by atoms with Crippen LogP contribution in [0.5, 0.6) is 5.75 Å². The van der Waals surface area contributed by atoms with Crippen LogP contribution in [0.3, 0.4) is 0 Å². The molecule has 5 heteroatoms. The molecule has 35 heavy (non-hydrogen) atoms. The molecular weight excluding hydrogens is 504 g/mol. The van der Waals surface area contributed by atoms with E-state index in [0.29, 0.717) is 17.4 Å². The van der Waals surface area contributed by atoms with E-state index < -0.39 is 17.6 Å². The second-order valence-corrected chi connectivity index (χ2v) is 9.43. The van der Waals surface area contributed by atoms with Crippen molar-refractivity contribution in [3.8, 4) is 16.9 Å². The van der Waals surface area contributed by atoms with Crippen molar-refractivity contribution in [1.29, 1.82) is 0 Å². The van der Waals surface area contributed by atoms with E-state index >= 15 is 0 Å². The molecule has 174 valence electrons. The lowest BCUT2D eigenvalue weighted by Crippen LogP contribution is -2.27. The summed E-state index contributed by atoms with van der Waals surface area (Å²) in [6.45, 7) is 0. The van der Waals surface area contributed by atoms with Gasteiger partial charge in [-0.05, 0) is 52.9 Å². The SMILES string of the molecule is O=c1oc2ccccc2c(O)c1C(c1ccccc1)C(O)Cc1ccc(-c2ccc(Br)cc2)cc1. The summed E-state index contributed by atoms with van der Waals surface area (Å²) in [4.78, 5) is 13.0. The van der Waals surface area contributed by atoms with Crippen molar-refractivity contribution in [2.45, 2.75) is 18.4 Å². The summed E-state index contributed by atoms with van der Waals surface area (Å²) >= 11 is 3.46. The lowest BCUT2D eigenvalue weighted by Gasteiger charge is -2.24. The van der Waals surface area contributed by atoms with E-state index in [1.807, 2.05) is 78.9 Å². The van der Waals surface area contributed by atoms with Crippen LogP contribution >= 0.6 is 15.9 Å². The van der Waals surface area contributed by atoms with E-state index in [1.54, 1.807) is 24.3 Å². The molecule has 0 fully saturated rings. The lowest BCUT2D eigenvalue weighted by atomic mass is 9.83. The molecule has 5 aromatic rings. The Kier molecular flexibility index (Phi) is 6.53. The fourth-order valence-electron chi connectivity index (χ4n) is 4.50. The van der Waals surface area contributed by atoms with Crippen LogP contribution in [-0.2, 0) is 6.42 Å². The van der Waals surface area contributed by atoms with Crippen LogP contribution in [0.15, 0.2) is 117 Å². The van der Waals surface area contributed by atoms with Gasteiger partial charge in [0.1, 0.15) is 11.3 Å². The minimum atomic E-state index is -0.967. The van der Waals surface area contributed by atoms with Gasteiger partial charge in [-0.3, -0.25) is 0 Å².